The molecule has 0 saturated carbocycles. The van der Waals surface area contributed by atoms with Crippen molar-refractivity contribution >= 4 is 11.1 Å². The van der Waals surface area contributed by atoms with E-state index in [9.17, 15) is 0 Å². The molecule has 0 aromatic carbocycles. The molecule has 2 nitrogen and oxygen atoms in total. The van der Waals surface area contributed by atoms with Crippen LogP contribution >= 0.6 is 0 Å². The Bertz CT molecular complexity index is 423. The smallest absolute Gasteiger partial charge is 0.226 e. The summed E-state index contributed by atoms with van der Waals surface area (Å²) < 4.78 is 5.36. The van der Waals surface area contributed by atoms with Gasteiger partial charge in [-0.05, 0) is 17.5 Å². The molecule has 13 heavy (non-hydrogen) atoms. The molecule has 0 radical (unpaired) electrons. The van der Waals surface area contributed by atoms with E-state index in [0.717, 1.165) is 11.1 Å². The molecular weight excluding hydrogens is 162 g/mol. The number of fused-ring (bicyclic) bond motifs is 1. The number of hydrogen-bond acceptors (Lipinski definition) is 2. The highest BCUT2D eigenvalue weighted by Gasteiger charge is 2.19. The molecular formula is C11H13NO. The second-order valence-corrected chi connectivity index (χ2v) is 4.26. The van der Waals surface area contributed by atoms with E-state index in [1.807, 2.05) is 12.1 Å². The normalized spacial score (nSPS) is 12.2. The van der Waals surface area contributed by atoms with Crippen molar-refractivity contribution in [3.05, 3.63) is 30.2 Å². The first-order valence-corrected chi connectivity index (χ1v) is 4.42. The van der Waals surface area contributed by atoms with E-state index in [1.165, 1.54) is 5.56 Å². The lowest BCUT2D eigenvalue weighted by Gasteiger charge is -2.15. The monoisotopic (exact) mass is 175 g/mol. The lowest BCUT2D eigenvalue weighted by molar-refractivity contribution is 0.553. The Morgan fingerprint density at radius 3 is 2.77 bits per heavy atom. The van der Waals surface area contributed by atoms with Crippen molar-refractivity contribution in [3.63, 3.8) is 0 Å². The summed E-state index contributed by atoms with van der Waals surface area (Å²) in [5.74, 6) is 0. The highest BCUT2D eigenvalue weighted by atomic mass is 16.3. The molecule has 0 aliphatic carbocycles. The van der Waals surface area contributed by atoms with Crippen molar-refractivity contribution in [2.24, 2.45) is 0 Å². The largest absolute Gasteiger partial charge is 0.446 e. The van der Waals surface area contributed by atoms with Crippen LogP contribution in [-0.2, 0) is 5.41 Å². The first-order chi connectivity index (χ1) is 6.09. The molecule has 2 heterocycles. The maximum absolute atomic E-state index is 5.36. The number of aromatic nitrogens is 1. The van der Waals surface area contributed by atoms with Crippen LogP contribution in [0.3, 0.4) is 0 Å². The van der Waals surface area contributed by atoms with E-state index < -0.39 is 0 Å². The van der Waals surface area contributed by atoms with Crippen LogP contribution < -0.4 is 0 Å². The summed E-state index contributed by atoms with van der Waals surface area (Å²) in [6.45, 7) is 6.51. The Morgan fingerprint density at radius 1 is 1.31 bits per heavy atom. The second kappa shape index (κ2) is 2.59. The maximum Gasteiger partial charge on any atom is 0.226 e. The highest BCUT2D eigenvalue weighted by Crippen LogP contribution is 2.30. The van der Waals surface area contributed by atoms with Gasteiger partial charge in [-0.25, -0.2) is 4.98 Å². The standard InChI is InChI=1S/C11H13NO/c1-11(2,3)9-7-13-10-8(9)5-4-6-12-10/h4-7H,1-3H3. The van der Waals surface area contributed by atoms with Crippen LogP contribution in [0.2, 0.25) is 0 Å². The summed E-state index contributed by atoms with van der Waals surface area (Å²) in [6.07, 6.45) is 3.55. The van der Waals surface area contributed by atoms with Crippen molar-refractivity contribution in [3.8, 4) is 0 Å². The van der Waals surface area contributed by atoms with Gasteiger partial charge in [0.1, 0.15) is 0 Å². The molecule has 0 atom stereocenters. The predicted octanol–water partition coefficient (Wildman–Crippen LogP) is 3.13. The van der Waals surface area contributed by atoms with E-state index in [1.54, 1.807) is 12.5 Å². The summed E-state index contributed by atoms with van der Waals surface area (Å²) in [5, 5.41) is 1.12. The SMILES string of the molecule is CC(C)(C)c1coc2ncccc12. The minimum Gasteiger partial charge on any atom is -0.446 e. The Kier molecular flexibility index (Phi) is 1.65. The van der Waals surface area contributed by atoms with Gasteiger partial charge in [0.2, 0.25) is 5.71 Å². The van der Waals surface area contributed by atoms with Gasteiger partial charge in [-0.1, -0.05) is 20.8 Å². The van der Waals surface area contributed by atoms with E-state index in [4.69, 9.17) is 4.42 Å². The minimum atomic E-state index is 0.119. The molecule has 2 aromatic heterocycles. The molecule has 68 valence electrons. The van der Waals surface area contributed by atoms with Crippen LogP contribution in [0, 0.1) is 0 Å². The van der Waals surface area contributed by atoms with Crippen LogP contribution in [0.4, 0.5) is 0 Å². The molecule has 0 amide bonds. The van der Waals surface area contributed by atoms with Crippen molar-refractivity contribution in [2.75, 3.05) is 0 Å². The Balaban J connectivity index is 2.72. The van der Waals surface area contributed by atoms with Gasteiger partial charge in [-0.3, -0.25) is 0 Å². The van der Waals surface area contributed by atoms with Crippen LogP contribution in [0.25, 0.3) is 11.1 Å². The van der Waals surface area contributed by atoms with Crippen LogP contribution in [0.1, 0.15) is 26.3 Å². The zero-order valence-electron chi connectivity index (χ0n) is 8.16. The molecule has 0 saturated heterocycles. The number of nitrogens with zero attached hydrogens (tertiary/aromatic N) is 1. The Labute approximate surface area is 77.6 Å². The number of furan rings is 1. The average Bonchev–Trinajstić information content (AvgIpc) is 2.45. The molecule has 0 aliphatic rings. The first-order valence-electron chi connectivity index (χ1n) is 4.42. The highest BCUT2D eigenvalue weighted by molar-refractivity contribution is 5.78. The van der Waals surface area contributed by atoms with Crippen molar-refractivity contribution in [1.82, 2.24) is 4.98 Å². The van der Waals surface area contributed by atoms with Gasteiger partial charge in [0.05, 0.1) is 6.26 Å². The lowest BCUT2D eigenvalue weighted by atomic mass is 9.87. The molecule has 2 heteroatoms. The molecule has 0 bridgehead atoms. The third-order valence-electron chi connectivity index (χ3n) is 2.16. The fraction of sp³-hybridized carbons (Fsp3) is 0.364. The van der Waals surface area contributed by atoms with Gasteiger partial charge in [-0.2, -0.15) is 0 Å². The first kappa shape index (κ1) is 8.30. The van der Waals surface area contributed by atoms with Crippen molar-refractivity contribution in [1.29, 1.82) is 0 Å². The third-order valence-corrected chi connectivity index (χ3v) is 2.16. The van der Waals surface area contributed by atoms with Gasteiger partial charge in [0.15, 0.2) is 0 Å². The lowest BCUT2D eigenvalue weighted by Crippen LogP contribution is -2.09. The molecule has 0 unspecified atom stereocenters. The van der Waals surface area contributed by atoms with Gasteiger partial charge in [-0.15, -0.1) is 0 Å². The zero-order valence-corrected chi connectivity index (χ0v) is 8.16. The maximum atomic E-state index is 5.36. The van der Waals surface area contributed by atoms with Gasteiger partial charge < -0.3 is 4.42 Å². The second-order valence-electron chi connectivity index (χ2n) is 4.26. The fourth-order valence-electron chi connectivity index (χ4n) is 1.45. The number of pyridine rings is 1. The summed E-state index contributed by atoms with van der Waals surface area (Å²) in [5.41, 5.74) is 2.07. The zero-order chi connectivity index (χ0) is 9.47. The van der Waals surface area contributed by atoms with Crippen molar-refractivity contribution in [2.45, 2.75) is 26.2 Å². The molecule has 2 rings (SSSR count). The van der Waals surface area contributed by atoms with Gasteiger partial charge in [0, 0.05) is 17.1 Å². The Morgan fingerprint density at radius 2 is 2.08 bits per heavy atom. The van der Waals surface area contributed by atoms with Crippen LogP contribution in [-0.4, -0.2) is 4.98 Å². The molecule has 0 N–H and O–H groups in total. The van der Waals surface area contributed by atoms with Crippen molar-refractivity contribution < 1.29 is 4.42 Å². The van der Waals surface area contributed by atoms with Crippen LogP contribution in [0.5, 0.6) is 0 Å². The molecule has 0 aliphatic heterocycles. The fourth-order valence-corrected chi connectivity index (χ4v) is 1.45. The number of hydrogen-bond donors (Lipinski definition) is 0. The van der Waals surface area contributed by atoms with E-state index >= 15 is 0 Å². The summed E-state index contributed by atoms with van der Waals surface area (Å²) in [4.78, 5) is 4.15. The van der Waals surface area contributed by atoms with Gasteiger partial charge >= 0.3 is 0 Å². The van der Waals surface area contributed by atoms with E-state index in [-0.39, 0.29) is 5.41 Å². The predicted molar refractivity (Wildman–Crippen MR) is 52.7 cm³/mol. The number of rotatable bonds is 0. The molecule has 2 aromatic rings. The van der Waals surface area contributed by atoms with Gasteiger partial charge in [0.25, 0.3) is 0 Å². The minimum absolute atomic E-state index is 0.119. The molecule has 0 fully saturated rings. The quantitative estimate of drug-likeness (QED) is 0.614. The Hall–Kier alpha value is -1.31. The third kappa shape index (κ3) is 1.32. The van der Waals surface area contributed by atoms with E-state index in [0.29, 0.717) is 0 Å². The summed E-state index contributed by atoms with van der Waals surface area (Å²) in [6, 6.07) is 3.99. The van der Waals surface area contributed by atoms with E-state index in [2.05, 4.69) is 25.8 Å². The summed E-state index contributed by atoms with van der Waals surface area (Å²) >= 11 is 0. The molecule has 0 spiro atoms. The summed E-state index contributed by atoms with van der Waals surface area (Å²) in [7, 11) is 0. The van der Waals surface area contributed by atoms with Crippen LogP contribution in [0.15, 0.2) is 29.0 Å². The topological polar surface area (TPSA) is 26.0 Å². The average molecular weight is 175 g/mol.